The number of carbonyl (C=O) groups excluding carboxylic acids is 1. The first-order valence-electron chi connectivity index (χ1n) is 9.15. The first kappa shape index (κ1) is 20.3. The third-order valence-electron chi connectivity index (χ3n) is 4.59. The van der Waals surface area contributed by atoms with Gasteiger partial charge in [-0.15, -0.1) is 0 Å². The van der Waals surface area contributed by atoms with Gasteiger partial charge in [0.25, 0.3) is 5.91 Å². The Hall–Kier alpha value is -3.48. The van der Waals surface area contributed by atoms with Gasteiger partial charge >= 0.3 is 0 Å². The van der Waals surface area contributed by atoms with Crippen LogP contribution in [0.2, 0.25) is 0 Å². The Morgan fingerprint density at radius 1 is 1.03 bits per heavy atom. The molecule has 0 bridgehead atoms. The fourth-order valence-corrected chi connectivity index (χ4v) is 2.81. The summed E-state index contributed by atoms with van der Waals surface area (Å²) in [6.45, 7) is 4.42. The minimum absolute atomic E-state index is 0.198. The molecule has 0 spiro atoms. The number of methoxy groups -OCH3 is 2. The van der Waals surface area contributed by atoms with E-state index in [0.29, 0.717) is 30.2 Å². The van der Waals surface area contributed by atoms with Gasteiger partial charge in [-0.3, -0.25) is 4.79 Å². The number of nitrogens with zero attached hydrogens (tertiary/aromatic N) is 1. The lowest BCUT2D eigenvalue weighted by Gasteiger charge is -2.12. The summed E-state index contributed by atoms with van der Waals surface area (Å²) in [6.07, 6.45) is 0. The van der Waals surface area contributed by atoms with Gasteiger partial charge in [-0.2, -0.15) is 0 Å². The normalized spacial score (nSPS) is 10.5. The predicted molar refractivity (Wildman–Crippen MR) is 107 cm³/mol. The van der Waals surface area contributed by atoms with Crippen molar-refractivity contribution < 1.29 is 23.5 Å². The molecule has 1 amide bonds. The lowest BCUT2D eigenvalue weighted by atomic mass is 10.1. The van der Waals surface area contributed by atoms with E-state index in [1.54, 1.807) is 25.3 Å². The molecule has 0 fully saturated rings. The van der Waals surface area contributed by atoms with Gasteiger partial charge in [0.1, 0.15) is 18.1 Å². The van der Waals surface area contributed by atoms with Gasteiger partial charge < -0.3 is 24.1 Å². The van der Waals surface area contributed by atoms with Crippen LogP contribution in [0.25, 0.3) is 0 Å². The quantitative estimate of drug-likeness (QED) is 0.623. The van der Waals surface area contributed by atoms with E-state index >= 15 is 0 Å². The number of carbonyl (C=O) groups is 1. The molecule has 7 nitrogen and oxygen atoms in total. The number of rotatable bonds is 8. The number of nitrogens with one attached hydrogen (secondary N) is 1. The Balaban J connectivity index is 1.64. The highest BCUT2D eigenvalue weighted by molar-refractivity contribution is 5.94. The second-order valence-corrected chi connectivity index (χ2v) is 6.49. The molecular formula is C22H24N2O5. The van der Waals surface area contributed by atoms with Gasteiger partial charge in [-0.05, 0) is 49.7 Å². The molecule has 0 aliphatic heterocycles. The van der Waals surface area contributed by atoms with Crippen LogP contribution < -0.4 is 19.5 Å². The van der Waals surface area contributed by atoms with Crippen molar-refractivity contribution >= 4 is 5.91 Å². The molecule has 3 aromatic rings. The standard InChI is InChI=1S/C22H24N2O5/c1-14-19(15(2)29-24-14)13-28-20-10-7-17(11-21(20)27-4)22(25)23-12-16-5-8-18(26-3)9-6-16/h5-11H,12-13H2,1-4H3,(H,23,25). The van der Waals surface area contributed by atoms with Crippen molar-refractivity contribution in [3.63, 3.8) is 0 Å². The lowest BCUT2D eigenvalue weighted by Crippen LogP contribution is -2.22. The van der Waals surface area contributed by atoms with Crippen molar-refractivity contribution in [1.29, 1.82) is 0 Å². The van der Waals surface area contributed by atoms with Crippen LogP contribution in [0, 0.1) is 13.8 Å². The van der Waals surface area contributed by atoms with Gasteiger partial charge in [-0.1, -0.05) is 17.3 Å². The summed E-state index contributed by atoms with van der Waals surface area (Å²) in [4.78, 5) is 12.5. The first-order valence-corrected chi connectivity index (χ1v) is 9.15. The van der Waals surface area contributed by atoms with Gasteiger partial charge in [0.15, 0.2) is 11.5 Å². The molecule has 0 unspecified atom stereocenters. The largest absolute Gasteiger partial charge is 0.497 e. The van der Waals surface area contributed by atoms with Crippen molar-refractivity contribution in [1.82, 2.24) is 10.5 Å². The third-order valence-corrected chi connectivity index (χ3v) is 4.59. The smallest absolute Gasteiger partial charge is 0.251 e. The Labute approximate surface area is 169 Å². The lowest BCUT2D eigenvalue weighted by molar-refractivity contribution is 0.0950. The molecule has 1 aromatic heterocycles. The summed E-state index contributed by atoms with van der Waals surface area (Å²) in [7, 11) is 3.16. The van der Waals surface area contributed by atoms with E-state index in [4.69, 9.17) is 18.7 Å². The van der Waals surface area contributed by atoms with E-state index in [1.807, 2.05) is 38.1 Å². The average molecular weight is 396 g/mol. The predicted octanol–water partition coefficient (Wildman–Crippen LogP) is 3.82. The molecule has 0 aliphatic carbocycles. The van der Waals surface area contributed by atoms with E-state index in [1.165, 1.54) is 7.11 Å². The molecule has 29 heavy (non-hydrogen) atoms. The Morgan fingerprint density at radius 2 is 1.79 bits per heavy atom. The Kier molecular flexibility index (Phi) is 6.39. The van der Waals surface area contributed by atoms with Crippen LogP contribution in [0.15, 0.2) is 47.0 Å². The molecule has 1 heterocycles. The summed E-state index contributed by atoms with van der Waals surface area (Å²) >= 11 is 0. The summed E-state index contributed by atoms with van der Waals surface area (Å²) in [5.41, 5.74) is 3.15. The minimum Gasteiger partial charge on any atom is -0.497 e. The highest BCUT2D eigenvalue weighted by Crippen LogP contribution is 2.29. The van der Waals surface area contributed by atoms with E-state index < -0.39 is 0 Å². The van der Waals surface area contributed by atoms with Crippen LogP contribution >= 0.6 is 0 Å². The molecule has 0 saturated carbocycles. The molecule has 3 rings (SSSR count). The zero-order valence-electron chi connectivity index (χ0n) is 16.9. The van der Waals surface area contributed by atoms with Gasteiger partial charge in [-0.25, -0.2) is 0 Å². The van der Waals surface area contributed by atoms with Crippen molar-refractivity contribution in [2.75, 3.05) is 14.2 Å². The number of hydrogen-bond donors (Lipinski definition) is 1. The second-order valence-electron chi connectivity index (χ2n) is 6.49. The zero-order chi connectivity index (χ0) is 20.8. The van der Waals surface area contributed by atoms with Gasteiger partial charge in [0, 0.05) is 12.1 Å². The summed E-state index contributed by atoms with van der Waals surface area (Å²) in [6, 6.07) is 12.6. The van der Waals surface area contributed by atoms with Gasteiger partial charge in [0.05, 0.1) is 25.5 Å². The molecule has 152 valence electrons. The minimum atomic E-state index is -0.198. The Bertz CT molecular complexity index is 960. The number of aromatic nitrogens is 1. The van der Waals surface area contributed by atoms with Gasteiger partial charge in [0.2, 0.25) is 0 Å². The summed E-state index contributed by atoms with van der Waals surface area (Å²) < 4.78 is 21.5. The molecule has 7 heteroatoms. The van der Waals surface area contributed by atoms with E-state index in [0.717, 1.165) is 28.3 Å². The van der Waals surface area contributed by atoms with Crippen LogP contribution in [-0.2, 0) is 13.2 Å². The van der Waals surface area contributed by atoms with Crippen LogP contribution in [0.4, 0.5) is 0 Å². The molecule has 0 radical (unpaired) electrons. The second kappa shape index (κ2) is 9.14. The van der Waals surface area contributed by atoms with Crippen molar-refractivity contribution in [2.45, 2.75) is 27.0 Å². The fourth-order valence-electron chi connectivity index (χ4n) is 2.81. The van der Waals surface area contributed by atoms with Crippen LogP contribution in [0.1, 0.15) is 32.9 Å². The molecule has 0 atom stereocenters. The topological polar surface area (TPSA) is 82.8 Å². The number of hydrogen-bond acceptors (Lipinski definition) is 6. The van der Waals surface area contributed by atoms with E-state index in [2.05, 4.69) is 10.5 Å². The zero-order valence-corrected chi connectivity index (χ0v) is 16.9. The highest BCUT2D eigenvalue weighted by Gasteiger charge is 2.14. The van der Waals surface area contributed by atoms with E-state index in [9.17, 15) is 4.79 Å². The number of amides is 1. The number of aryl methyl sites for hydroxylation is 2. The van der Waals surface area contributed by atoms with Crippen molar-refractivity contribution in [3.8, 4) is 17.2 Å². The van der Waals surface area contributed by atoms with Crippen molar-refractivity contribution in [3.05, 3.63) is 70.6 Å². The summed E-state index contributed by atoms with van der Waals surface area (Å²) in [5, 5.41) is 6.81. The molecule has 0 saturated heterocycles. The van der Waals surface area contributed by atoms with Crippen molar-refractivity contribution in [2.24, 2.45) is 0 Å². The summed E-state index contributed by atoms with van der Waals surface area (Å²) in [5.74, 6) is 2.32. The first-order chi connectivity index (χ1) is 14.0. The number of ether oxygens (including phenoxy) is 3. The molecule has 1 N–H and O–H groups in total. The van der Waals surface area contributed by atoms with Crippen LogP contribution in [0.5, 0.6) is 17.2 Å². The Morgan fingerprint density at radius 3 is 2.41 bits per heavy atom. The third kappa shape index (κ3) is 4.87. The maximum absolute atomic E-state index is 12.5. The molecular weight excluding hydrogens is 372 g/mol. The van der Waals surface area contributed by atoms with Crippen LogP contribution in [0.3, 0.4) is 0 Å². The maximum Gasteiger partial charge on any atom is 0.251 e. The SMILES string of the molecule is COc1ccc(CNC(=O)c2ccc(OCc3c(C)noc3C)c(OC)c2)cc1. The average Bonchev–Trinajstić information content (AvgIpc) is 3.08. The maximum atomic E-state index is 12.5. The fraction of sp³-hybridized carbons (Fsp3) is 0.273. The highest BCUT2D eigenvalue weighted by atomic mass is 16.5. The number of benzene rings is 2. The molecule has 0 aliphatic rings. The van der Waals surface area contributed by atoms with Crippen LogP contribution in [-0.4, -0.2) is 25.3 Å². The monoisotopic (exact) mass is 396 g/mol. The van der Waals surface area contributed by atoms with E-state index in [-0.39, 0.29) is 5.91 Å². The molecule has 2 aromatic carbocycles.